The molecule has 182 valence electrons. The molecule has 2 atom stereocenters. The molecule has 0 spiro atoms. The second-order valence-corrected chi connectivity index (χ2v) is 10.1. The third-order valence-corrected chi connectivity index (χ3v) is 7.74. The molecule has 0 bridgehead atoms. The first-order valence-corrected chi connectivity index (χ1v) is 12.9. The van der Waals surface area contributed by atoms with E-state index in [4.69, 9.17) is 9.97 Å². The molecule has 2 fully saturated rings. The summed E-state index contributed by atoms with van der Waals surface area (Å²) in [7, 11) is 0. The van der Waals surface area contributed by atoms with Crippen LogP contribution < -0.4 is 10.6 Å². The molecular weight excluding hydrogens is 453 g/mol. The number of aromatic nitrogens is 5. The second kappa shape index (κ2) is 8.78. The summed E-state index contributed by atoms with van der Waals surface area (Å²) in [6.07, 6.45) is 9.55. The Hall–Kier alpha value is -3.65. The number of para-hydroxylation sites is 1. The largest absolute Gasteiger partial charge is 0.367 e. The Bertz CT molecular complexity index is 1580. The number of halogens is 1. The van der Waals surface area contributed by atoms with Crippen molar-refractivity contribution in [2.45, 2.75) is 50.2 Å². The van der Waals surface area contributed by atoms with Crippen molar-refractivity contribution in [3.8, 4) is 11.4 Å². The highest BCUT2D eigenvalue weighted by atomic mass is 19.1. The van der Waals surface area contributed by atoms with E-state index in [9.17, 15) is 4.39 Å². The van der Waals surface area contributed by atoms with Crippen molar-refractivity contribution in [3.05, 3.63) is 54.5 Å². The topological polar surface area (TPSA) is 91.4 Å². The Morgan fingerprint density at radius 2 is 1.92 bits per heavy atom. The van der Waals surface area contributed by atoms with Gasteiger partial charge >= 0.3 is 0 Å². The molecule has 7 nitrogen and oxygen atoms in total. The molecule has 2 aliphatic rings. The van der Waals surface area contributed by atoms with E-state index in [0.29, 0.717) is 24.7 Å². The Morgan fingerprint density at radius 3 is 2.81 bits per heavy atom. The van der Waals surface area contributed by atoms with Crippen molar-refractivity contribution >= 4 is 38.7 Å². The zero-order valence-corrected chi connectivity index (χ0v) is 20.0. The molecule has 0 amide bonds. The summed E-state index contributed by atoms with van der Waals surface area (Å²) in [6, 6.07) is 10.2. The number of rotatable bonds is 4. The van der Waals surface area contributed by atoms with Crippen molar-refractivity contribution in [2.75, 3.05) is 18.4 Å². The van der Waals surface area contributed by atoms with Gasteiger partial charge in [-0.3, -0.25) is 4.98 Å². The number of nitrogens with one attached hydrogen (secondary N) is 3. The lowest BCUT2D eigenvalue weighted by Gasteiger charge is -2.28. The van der Waals surface area contributed by atoms with Crippen LogP contribution >= 0.6 is 0 Å². The van der Waals surface area contributed by atoms with Gasteiger partial charge in [-0.2, -0.15) is 0 Å². The quantitative estimate of drug-likeness (QED) is 0.314. The number of aromatic amines is 1. The number of nitrogens with zero attached hydrogens (tertiary/aromatic N) is 4. The number of benzene rings is 1. The maximum absolute atomic E-state index is 14.5. The van der Waals surface area contributed by atoms with Crippen LogP contribution in [-0.2, 0) is 0 Å². The lowest BCUT2D eigenvalue weighted by molar-refractivity contribution is 0.308. The van der Waals surface area contributed by atoms with Crippen LogP contribution in [0.5, 0.6) is 0 Å². The minimum absolute atomic E-state index is 0.00564. The fourth-order valence-corrected chi connectivity index (χ4v) is 5.69. The number of fused-ring (bicyclic) bond motifs is 4. The predicted molar refractivity (Wildman–Crippen MR) is 141 cm³/mol. The molecule has 36 heavy (non-hydrogen) atoms. The molecule has 4 aromatic heterocycles. The maximum Gasteiger partial charge on any atom is 0.163 e. The van der Waals surface area contributed by atoms with Crippen LogP contribution in [0.15, 0.2) is 48.9 Å². The van der Waals surface area contributed by atoms with Crippen LogP contribution in [0.3, 0.4) is 0 Å². The zero-order valence-electron chi connectivity index (χ0n) is 20.0. The highest BCUT2D eigenvalue weighted by molar-refractivity contribution is 6.12. The van der Waals surface area contributed by atoms with E-state index in [2.05, 4.69) is 37.7 Å². The van der Waals surface area contributed by atoms with Crippen molar-refractivity contribution in [1.29, 1.82) is 0 Å². The first-order chi connectivity index (χ1) is 17.7. The molecule has 1 aliphatic carbocycles. The van der Waals surface area contributed by atoms with Gasteiger partial charge in [-0.1, -0.05) is 24.6 Å². The van der Waals surface area contributed by atoms with Gasteiger partial charge in [-0.15, -0.1) is 0 Å². The highest BCUT2D eigenvalue weighted by Gasteiger charge is 2.27. The Labute approximate surface area is 208 Å². The molecule has 1 saturated heterocycles. The van der Waals surface area contributed by atoms with Crippen molar-refractivity contribution in [2.24, 2.45) is 0 Å². The first kappa shape index (κ1) is 21.6. The van der Waals surface area contributed by atoms with Crippen LogP contribution in [-0.4, -0.2) is 50.2 Å². The van der Waals surface area contributed by atoms with Gasteiger partial charge in [-0.05, 0) is 49.4 Å². The summed E-state index contributed by atoms with van der Waals surface area (Å²) in [5, 5.41) is 9.96. The minimum Gasteiger partial charge on any atom is -0.367 e. The number of alkyl halides is 1. The lowest BCUT2D eigenvalue weighted by Crippen LogP contribution is -2.24. The van der Waals surface area contributed by atoms with Gasteiger partial charge in [0, 0.05) is 58.6 Å². The van der Waals surface area contributed by atoms with Crippen molar-refractivity contribution < 1.29 is 4.39 Å². The molecule has 2 unspecified atom stereocenters. The molecule has 0 radical (unpaired) electrons. The van der Waals surface area contributed by atoms with Crippen molar-refractivity contribution in [3.63, 3.8) is 0 Å². The van der Waals surface area contributed by atoms with E-state index in [1.54, 1.807) is 6.20 Å². The van der Waals surface area contributed by atoms with Gasteiger partial charge in [0.1, 0.15) is 17.6 Å². The summed E-state index contributed by atoms with van der Waals surface area (Å²) in [4.78, 5) is 22.7. The standard InChI is InChI=1S/C28H28FN7/c29-17-12-18(8-10-30-13-17)33-28-25-21(16-4-3-5-16)14-31-15-23(25)35-26(36-28)20-9-11-32-27-24(20)19-6-1-2-7-22(19)34-27/h1-2,6-7,9,11,14-18,30H,3-5,8,10,12-13H2,(H,32,34)(H,33,35,36). The average molecular weight is 482 g/mol. The smallest absolute Gasteiger partial charge is 0.163 e. The summed E-state index contributed by atoms with van der Waals surface area (Å²) in [6.45, 7) is 1.19. The zero-order chi connectivity index (χ0) is 24.1. The third kappa shape index (κ3) is 3.67. The summed E-state index contributed by atoms with van der Waals surface area (Å²) in [5.74, 6) is 1.88. The predicted octanol–water partition coefficient (Wildman–Crippen LogP) is 5.49. The molecule has 3 N–H and O–H groups in total. The van der Waals surface area contributed by atoms with E-state index in [-0.39, 0.29) is 6.04 Å². The monoisotopic (exact) mass is 481 g/mol. The van der Waals surface area contributed by atoms with Gasteiger partial charge < -0.3 is 15.6 Å². The Balaban J connectivity index is 1.43. The molecule has 1 saturated carbocycles. The fraction of sp³-hybridized carbons (Fsp3) is 0.357. The average Bonchev–Trinajstić information content (AvgIpc) is 3.12. The van der Waals surface area contributed by atoms with Crippen LogP contribution in [0.4, 0.5) is 10.2 Å². The maximum atomic E-state index is 14.5. The number of hydrogen-bond donors (Lipinski definition) is 3. The first-order valence-electron chi connectivity index (χ1n) is 12.9. The number of H-pyrrole nitrogens is 1. The van der Waals surface area contributed by atoms with Gasteiger partial charge in [0.15, 0.2) is 5.82 Å². The van der Waals surface area contributed by atoms with E-state index >= 15 is 0 Å². The molecule has 5 aromatic rings. The molecule has 8 heteroatoms. The van der Waals surface area contributed by atoms with Crippen LogP contribution in [0.1, 0.15) is 43.6 Å². The minimum atomic E-state index is -0.878. The molecule has 1 aromatic carbocycles. The summed E-state index contributed by atoms with van der Waals surface area (Å²) >= 11 is 0. The van der Waals surface area contributed by atoms with Crippen LogP contribution in [0, 0.1) is 0 Å². The molecule has 7 rings (SSSR count). The van der Waals surface area contributed by atoms with Crippen LogP contribution in [0.25, 0.3) is 44.2 Å². The molecule has 5 heterocycles. The van der Waals surface area contributed by atoms with E-state index in [1.165, 1.54) is 12.0 Å². The highest BCUT2D eigenvalue weighted by Crippen LogP contribution is 2.42. The third-order valence-electron chi connectivity index (χ3n) is 7.74. The van der Waals surface area contributed by atoms with E-state index in [0.717, 1.165) is 70.0 Å². The van der Waals surface area contributed by atoms with Gasteiger partial charge in [0.05, 0.1) is 11.7 Å². The normalized spacial score (nSPS) is 21.0. The van der Waals surface area contributed by atoms with Gasteiger partial charge in [-0.25, -0.2) is 19.3 Å². The fourth-order valence-electron chi connectivity index (χ4n) is 5.69. The van der Waals surface area contributed by atoms with Gasteiger partial charge in [0.25, 0.3) is 0 Å². The number of pyridine rings is 2. The summed E-state index contributed by atoms with van der Waals surface area (Å²) < 4.78 is 14.5. The number of anilines is 1. The second-order valence-electron chi connectivity index (χ2n) is 10.1. The van der Waals surface area contributed by atoms with Crippen LogP contribution in [0.2, 0.25) is 0 Å². The SMILES string of the molecule is FC1CNCCC(Nc2nc(-c3ccnc4[nH]c5ccccc5c34)nc3cncc(C4CCC4)c23)C1. The van der Waals surface area contributed by atoms with E-state index < -0.39 is 6.17 Å². The summed E-state index contributed by atoms with van der Waals surface area (Å²) in [5.41, 5.74) is 4.77. The van der Waals surface area contributed by atoms with Gasteiger partial charge in [0.2, 0.25) is 0 Å². The van der Waals surface area contributed by atoms with Crippen molar-refractivity contribution in [1.82, 2.24) is 30.2 Å². The molecular formula is C28H28FN7. The molecule has 1 aliphatic heterocycles. The van der Waals surface area contributed by atoms with E-state index in [1.807, 2.05) is 30.6 Å². The number of hydrogen-bond acceptors (Lipinski definition) is 6. The Kier molecular flexibility index (Phi) is 5.27. The lowest BCUT2D eigenvalue weighted by atomic mass is 9.79. The Morgan fingerprint density at radius 1 is 1.00 bits per heavy atom.